The molecule has 0 fully saturated rings. The number of carboxylic acid groups (broad SMARTS) is 1. The van der Waals surface area contributed by atoms with Gasteiger partial charge in [-0.25, -0.2) is 4.79 Å². The number of carboxylic acids is 1. The van der Waals surface area contributed by atoms with E-state index in [0.717, 1.165) is 11.8 Å². The van der Waals surface area contributed by atoms with Crippen molar-refractivity contribution in [2.45, 2.75) is 0 Å². The molecule has 6 nitrogen and oxygen atoms in total. The normalized spacial score (nSPS) is 10.2. The van der Waals surface area contributed by atoms with E-state index < -0.39 is 11.7 Å². The van der Waals surface area contributed by atoms with Crippen molar-refractivity contribution in [2.75, 3.05) is 0 Å². The molecule has 6 heteroatoms. The van der Waals surface area contributed by atoms with Crippen molar-refractivity contribution in [2.24, 2.45) is 0 Å². The number of pyridine rings is 1. The van der Waals surface area contributed by atoms with Crippen LogP contribution in [-0.4, -0.2) is 26.3 Å². The molecule has 0 saturated heterocycles. The standard InChI is InChI=1S/C19H12N2O4/c20-9-13-7-12(17-8-16(19(24)25)18(23)10-21-17)3-6-15(13)11-1-4-14(22)5-2-11/h1-8,10,22-23H,(H,24,25). The fourth-order valence-electron chi connectivity index (χ4n) is 2.47. The lowest BCUT2D eigenvalue weighted by molar-refractivity contribution is 0.0693. The summed E-state index contributed by atoms with van der Waals surface area (Å²) in [7, 11) is 0. The highest BCUT2D eigenvalue weighted by Crippen LogP contribution is 2.30. The number of nitriles is 1. The number of hydrogen-bond acceptors (Lipinski definition) is 5. The van der Waals surface area contributed by atoms with Crippen molar-refractivity contribution in [1.29, 1.82) is 5.26 Å². The lowest BCUT2D eigenvalue weighted by Gasteiger charge is -2.08. The zero-order valence-electron chi connectivity index (χ0n) is 12.8. The molecule has 2 aromatic carbocycles. The van der Waals surface area contributed by atoms with E-state index >= 15 is 0 Å². The first-order chi connectivity index (χ1) is 12.0. The Morgan fingerprint density at radius 2 is 1.68 bits per heavy atom. The van der Waals surface area contributed by atoms with Crippen molar-refractivity contribution in [1.82, 2.24) is 4.98 Å². The lowest BCUT2D eigenvalue weighted by Crippen LogP contribution is -1.98. The van der Waals surface area contributed by atoms with E-state index in [9.17, 15) is 20.3 Å². The number of aromatic carboxylic acids is 1. The summed E-state index contributed by atoms with van der Waals surface area (Å²) in [5, 5.41) is 37.5. The van der Waals surface area contributed by atoms with Crippen LogP contribution in [0.4, 0.5) is 0 Å². The molecule has 0 aliphatic carbocycles. The lowest BCUT2D eigenvalue weighted by atomic mass is 9.96. The summed E-state index contributed by atoms with van der Waals surface area (Å²) in [6.45, 7) is 0. The molecule has 0 atom stereocenters. The molecule has 0 aliphatic rings. The molecule has 0 aliphatic heterocycles. The zero-order valence-corrected chi connectivity index (χ0v) is 12.8. The number of aromatic hydroxyl groups is 2. The molecule has 0 unspecified atom stereocenters. The van der Waals surface area contributed by atoms with Crippen LogP contribution in [-0.2, 0) is 0 Å². The van der Waals surface area contributed by atoms with Gasteiger partial charge >= 0.3 is 5.97 Å². The van der Waals surface area contributed by atoms with Crippen LogP contribution >= 0.6 is 0 Å². The Morgan fingerprint density at radius 3 is 2.32 bits per heavy atom. The van der Waals surface area contributed by atoms with Crippen LogP contribution in [0.25, 0.3) is 22.4 Å². The number of phenols is 1. The second kappa shape index (κ2) is 6.34. The molecule has 25 heavy (non-hydrogen) atoms. The minimum Gasteiger partial charge on any atom is -0.508 e. The molecule has 1 heterocycles. The molecular formula is C19H12N2O4. The zero-order chi connectivity index (χ0) is 18.0. The third kappa shape index (κ3) is 3.12. The average molecular weight is 332 g/mol. The summed E-state index contributed by atoms with van der Waals surface area (Å²) in [5.74, 6) is -1.55. The molecule has 122 valence electrons. The third-order valence-corrected chi connectivity index (χ3v) is 3.73. The van der Waals surface area contributed by atoms with Gasteiger partial charge in [0, 0.05) is 5.56 Å². The summed E-state index contributed by atoms with van der Waals surface area (Å²) in [4.78, 5) is 15.2. The minimum absolute atomic E-state index is 0.133. The topological polar surface area (TPSA) is 114 Å². The van der Waals surface area contributed by atoms with Crippen LogP contribution < -0.4 is 0 Å². The van der Waals surface area contributed by atoms with E-state index in [0.29, 0.717) is 22.4 Å². The number of nitrogens with zero attached hydrogens (tertiary/aromatic N) is 2. The molecular weight excluding hydrogens is 320 g/mol. The fourth-order valence-corrected chi connectivity index (χ4v) is 2.47. The maximum absolute atomic E-state index is 11.1. The summed E-state index contributed by atoms with van der Waals surface area (Å²) >= 11 is 0. The maximum atomic E-state index is 11.1. The second-order valence-electron chi connectivity index (χ2n) is 5.31. The molecule has 3 aromatic rings. The van der Waals surface area contributed by atoms with E-state index in [1.54, 1.807) is 30.3 Å². The first-order valence-electron chi connectivity index (χ1n) is 7.26. The number of rotatable bonds is 3. The summed E-state index contributed by atoms with van der Waals surface area (Å²) in [6, 6.07) is 14.9. The largest absolute Gasteiger partial charge is 0.508 e. The molecule has 0 spiro atoms. The van der Waals surface area contributed by atoms with Gasteiger partial charge in [0.05, 0.1) is 23.5 Å². The van der Waals surface area contributed by atoms with Crippen LogP contribution in [0.15, 0.2) is 54.7 Å². The third-order valence-electron chi connectivity index (χ3n) is 3.73. The number of benzene rings is 2. The Kier molecular flexibility index (Phi) is 4.06. The van der Waals surface area contributed by atoms with Gasteiger partial charge in [0.1, 0.15) is 17.1 Å². The first-order valence-corrected chi connectivity index (χ1v) is 7.26. The molecule has 0 amide bonds. The quantitative estimate of drug-likeness (QED) is 0.677. The van der Waals surface area contributed by atoms with Gasteiger partial charge < -0.3 is 15.3 Å². The monoisotopic (exact) mass is 332 g/mol. The van der Waals surface area contributed by atoms with Gasteiger partial charge in [-0.2, -0.15) is 5.26 Å². The molecule has 1 aromatic heterocycles. The summed E-state index contributed by atoms with van der Waals surface area (Å²) < 4.78 is 0. The fraction of sp³-hybridized carbons (Fsp3) is 0. The number of carbonyl (C=O) groups is 1. The van der Waals surface area contributed by atoms with Crippen molar-refractivity contribution in [3.63, 3.8) is 0 Å². The van der Waals surface area contributed by atoms with Gasteiger partial charge in [0.2, 0.25) is 0 Å². The highest BCUT2D eigenvalue weighted by molar-refractivity contribution is 5.92. The van der Waals surface area contributed by atoms with Crippen molar-refractivity contribution in [3.8, 4) is 40.0 Å². The second-order valence-corrected chi connectivity index (χ2v) is 5.31. The molecule has 0 radical (unpaired) electrons. The highest BCUT2D eigenvalue weighted by atomic mass is 16.4. The molecule has 3 rings (SSSR count). The number of aromatic nitrogens is 1. The van der Waals surface area contributed by atoms with E-state index in [1.807, 2.05) is 0 Å². The van der Waals surface area contributed by atoms with Crippen LogP contribution in [0.5, 0.6) is 11.5 Å². The Balaban J connectivity index is 2.09. The van der Waals surface area contributed by atoms with Crippen LogP contribution in [0.1, 0.15) is 15.9 Å². The van der Waals surface area contributed by atoms with Crippen LogP contribution in [0, 0.1) is 11.3 Å². The van der Waals surface area contributed by atoms with Crippen LogP contribution in [0.2, 0.25) is 0 Å². The summed E-state index contributed by atoms with van der Waals surface area (Å²) in [5.41, 5.74) is 2.47. The van der Waals surface area contributed by atoms with Gasteiger partial charge in [-0.15, -0.1) is 0 Å². The molecule has 0 saturated carbocycles. The smallest absolute Gasteiger partial charge is 0.339 e. The molecule has 3 N–H and O–H groups in total. The van der Waals surface area contributed by atoms with Crippen LogP contribution in [0.3, 0.4) is 0 Å². The average Bonchev–Trinajstić information content (AvgIpc) is 2.62. The minimum atomic E-state index is -1.26. The van der Waals surface area contributed by atoms with Gasteiger partial charge in [0.15, 0.2) is 0 Å². The van der Waals surface area contributed by atoms with Gasteiger partial charge in [-0.3, -0.25) is 4.98 Å². The Hall–Kier alpha value is -3.85. The Morgan fingerprint density at radius 1 is 1.00 bits per heavy atom. The molecule has 0 bridgehead atoms. The van der Waals surface area contributed by atoms with Crippen molar-refractivity contribution in [3.05, 3.63) is 65.9 Å². The van der Waals surface area contributed by atoms with Gasteiger partial charge in [-0.05, 0) is 35.4 Å². The van der Waals surface area contributed by atoms with Gasteiger partial charge in [-0.1, -0.05) is 24.3 Å². The summed E-state index contributed by atoms with van der Waals surface area (Å²) in [6.07, 6.45) is 1.07. The maximum Gasteiger partial charge on any atom is 0.339 e. The highest BCUT2D eigenvalue weighted by Gasteiger charge is 2.14. The SMILES string of the molecule is N#Cc1cc(-c2cc(C(=O)O)c(O)cn2)ccc1-c1ccc(O)cc1. The van der Waals surface area contributed by atoms with E-state index in [1.165, 1.54) is 18.2 Å². The Labute approximate surface area is 142 Å². The van der Waals surface area contributed by atoms with Crippen molar-refractivity contribution >= 4 is 5.97 Å². The van der Waals surface area contributed by atoms with E-state index in [-0.39, 0.29) is 11.3 Å². The van der Waals surface area contributed by atoms with Gasteiger partial charge in [0.25, 0.3) is 0 Å². The predicted molar refractivity (Wildman–Crippen MR) is 90.1 cm³/mol. The van der Waals surface area contributed by atoms with E-state index in [2.05, 4.69) is 11.1 Å². The first kappa shape index (κ1) is 16.0. The number of phenolic OH excluding ortho intramolecular Hbond substituents is 1. The van der Waals surface area contributed by atoms with Crippen molar-refractivity contribution < 1.29 is 20.1 Å². The van der Waals surface area contributed by atoms with E-state index in [4.69, 9.17) is 5.11 Å². The Bertz CT molecular complexity index is 1000. The predicted octanol–water partition coefficient (Wildman–Crippen LogP) is 3.40. The number of hydrogen-bond donors (Lipinski definition) is 3.